The third-order valence-electron chi connectivity index (χ3n) is 3.41. The smallest absolute Gasteiger partial charge is 0.234 e. The van der Waals surface area contributed by atoms with Crippen LogP contribution >= 0.6 is 11.8 Å². The Kier molecular flexibility index (Phi) is 5.75. The van der Waals surface area contributed by atoms with Gasteiger partial charge in [-0.3, -0.25) is 14.3 Å². The number of aromatic nitrogens is 4. The summed E-state index contributed by atoms with van der Waals surface area (Å²) in [5, 5.41) is 11.7. The highest BCUT2D eigenvalue weighted by Crippen LogP contribution is 2.23. The lowest BCUT2D eigenvalue weighted by Gasteiger charge is -2.08. The first-order valence-corrected chi connectivity index (χ1v) is 8.78. The molecule has 0 saturated carbocycles. The van der Waals surface area contributed by atoms with Crippen molar-refractivity contribution in [2.75, 3.05) is 11.1 Å². The maximum atomic E-state index is 12.9. The van der Waals surface area contributed by atoms with Crippen LogP contribution < -0.4 is 5.32 Å². The zero-order chi connectivity index (χ0) is 18.4. The van der Waals surface area contributed by atoms with Crippen LogP contribution in [-0.4, -0.2) is 31.4 Å². The summed E-state index contributed by atoms with van der Waals surface area (Å²) in [6.45, 7) is 4.27. The highest BCUT2D eigenvalue weighted by molar-refractivity contribution is 7.99. The van der Waals surface area contributed by atoms with Crippen molar-refractivity contribution < 1.29 is 9.18 Å². The summed E-state index contributed by atoms with van der Waals surface area (Å²) in [6.07, 6.45) is 5.14. The van der Waals surface area contributed by atoms with Gasteiger partial charge in [-0.05, 0) is 36.4 Å². The normalized spacial score (nSPS) is 10.5. The molecule has 3 aromatic rings. The molecule has 2 heterocycles. The zero-order valence-corrected chi connectivity index (χ0v) is 14.6. The zero-order valence-electron chi connectivity index (χ0n) is 13.8. The molecule has 3 rings (SSSR count). The third kappa shape index (κ3) is 4.34. The Balaban J connectivity index is 1.69. The van der Waals surface area contributed by atoms with E-state index in [1.54, 1.807) is 18.5 Å². The van der Waals surface area contributed by atoms with Crippen LogP contribution in [0.1, 0.15) is 0 Å². The molecule has 1 N–H and O–H groups in total. The monoisotopic (exact) mass is 369 g/mol. The first-order valence-electron chi connectivity index (χ1n) is 7.80. The molecule has 8 heteroatoms. The fraction of sp³-hybridized carbons (Fsp3) is 0.111. The van der Waals surface area contributed by atoms with Crippen molar-refractivity contribution in [2.45, 2.75) is 11.7 Å². The maximum absolute atomic E-state index is 12.9. The van der Waals surface area contributed by atoms with Gasteiger partial charge in [0.1, 0.15) is 5.82 Å². The minimum atomic E-state index is -0.349. The third-order valence-corrected chi connectivity index (χ3v) is 4.38. The molecule has 0 aliphatic rings. The van der Waals surface area contributed by atoms with Crippen molar-refractivity contribution in [3.05, 3.63) is 67.3 Å². The highest BCUT2D eigenvalue weighted by Gasteiger charge is 2.15. The summed E-state index contributed by atoms with van der Waals surface area (Å²) in [5.74, 6) is 0.259. The van der Waals surface area contributed by atoms with Crippen molar-refractivity contribution in [1.82, 2.24) is 19.7 Å². The van der Waals surface area contributed by atoms with Crippen molar-refractivity contribution in [1.29, 1.82) is 0 Å². The number of anilines is 1. The summed E-state index contributed by atoms with van der Waals surface area (Å²) >= 11 is 1.27. The number of nitrogens with one attached hydrogen (secondary N) is 1. The molecule has 0 unspecified atom stereocenters. The number of pyridine rings is 1. The van der Waals surface area contributed by atoms with E-state index in [4.69, 9.17) is 0 Å². The molecule has 0 radical (unpaired) electrons. The molecule has 0 saturated heterocycles. The molecule has 26 heavy (non-hydrogen) atoms. The Labute approximate surface area is 154 Å². The van der Waals surface area contributed by atoms with E-state index in [9.17, 15) is 9.18 Å². The van der Waals surface area contributed by atoms with Crippen molar-refractivity contribution in [3.8, 4) is 11.4 Å². The van der Waals surface area contributed by atoms with Crippen LogP contribution in [0.2, 0.25) is 0 Å². The first-order chi connectivity index (χ1) is 12.7. The summed E-state index contributed by atoms with van der Waals surface area (Å²) in [7, 11) is 0. The van der Waals surface area contributed by atoms with E-state index >= 15 is 0 Å². The fourth-order valence-corrected chi connectivity index (χ4v) is 3.01. The quantitative estimate of drug-likeness (QED) is 0.510. The van der Waals surface area contributed by atoms with Gasteiger partial charge in [0.05, 0.1) is 5.75 Å². The molecular weight excluding hydrogens is 353 g/mol. The van der Waals surface area contributed by atoms with Gasteiger partial charge in [-0.25, -0.2) is 4.39 Å². The van der Waals surface area contributed by atoms with Crippen LogP contribution in [0.15, 0.2) is 66.6 Å². The topological polar surface area (TPSA) is 72.7 Å². The van der Waals surface area contributed by atoms with E-state index in [2.05, 4.69) is 27.1 Å². The molecule has 132 valence electrons. The Bertz CT molecular complexity index is 896. The van der Waals surface area contributed by atoms with Gasteiger partial charge in [0.15, 0.2) is 11.0 Å². The minimum absolute atomic E-state index is 0.152. The van der Waals surface area contributed by atoms with Gasteiger partial charge in [-0.2, -0.15) is 0 Å². The highest BCUT2D eigenvalue weighted by atomic mass is 32.2. The first kappa shape index (κ1) is 17.8. The SMILES string of the molecule is C=CCn1c(SCC(=O)Nc2ccc(F)cc2)nnc1-c1cccnc1. The van der Waals surface area contributed by atoms with Gasteiger partial charge < -0.3 is 5.32 Å². The van der Waals surface area contributed by atoms with Crippen molar-refractivity contribution in [2.24, 2.45) is 0 Å². The van der Waals surface area contributed by atoms with Crippen molar-refractivity contribution >= 4 is 23.4 Å². The number of halogens is 1. The van der Waals surface area contributed by atoms with Crippen molar-refractivity contribution in [3.63, 3.8) is 0 Å². The molecule has 2 aromatic heterocycles. The number of amides is 1. The van der Waals surface area contributed by atoms with Crippen LogP contribution in [0.4, 0.5) is 10.1 Å². The van der Waals surface area contributed by atoms with E-state index in [0.29, 0.717) is 23.2 Å². The van der Waals surface area contributed by atoms with Gasteiger partial charge in [-0.15, -0.1) is 16.8 Å². The number of allylic oxidation sites excluding steroid dienone is 1. The molecule has 0 aliphatic carbocycles. The lowest BCUT2D eigenvalue weighted by molar-refractivity contribution is -0.113. The molecule has 0 atom stereocenters. The molecule has 0 aliphatic heterocycles. The predicted octanol–water partition coefficient (Wildman–Crippen LogP) is 3.40. The Hall–Kier alpha value is -3.00. The molecular formula is C18H16FN5OS. The van der Waals surface area contributed by atoms with Crippen LogP contribution in [-0.2, 0) is 11.3 Å². The average molecular weight is 369 g/mol. The fourth-order valence-electron chi connectivity index (χ4n) is 2.26. The van der Waals surface area contributed by atoms with Crippen LogP contribution in [0.25, 0.3) is 11.4 Å². The second-order valence-corrected chi connectivity index (χ2v) is 6.23. The van der Waals surface area contributed by atoms with Crippen LogP contribution in [0.5, 0.6) is 0 Å². The summed E-state index contributed by atoms with van der Waals surface area (Å²) < 4.78 is 14.8. The van der Waals surface area contributed by atoms with E-state index in [0.717, 1.165) is 5.56 Å². The summed E-state index contributed by atoms with van der Waals surface area (Å²) in [5.41, 5.74) is 1.38. The lowest BCUT2D eigenvalue weighted by Crippen LogP contribution is -2.14. The van der Waals surface area contributed by atoms with Crippen LogP contribution in [0, 0.1) is 5.82 Å². The predicted molar refractivity (Wildman–Crippen MR) is 99.2 cm³/mol. The van der Waals surface area contributed by atoms with Gasteiger partial charge in [0, 0.05) is 30.2 Å². The number of carbonyl (C=O) groups excluding carboxylic acids is 1. The molecule has 6 nitrogen and oxygen atoms in total. The van der Waals surface area contributed by atoms with Crippen LogP contribution in [0.3, 0.4) is 0 Å². The van der Waals surface area contributed by atoms with E-state index in [1.807, 2.05) is 16.7 Å². The Morgan fingerprint density at radius 1 is 1.27 bits per heavy atom. The Morgan fingerprint density at radius 3 is 2.77 bits per heavy atom. The number of rotatable bonds is 7. The molecule has 1 amide bonds. The van der Waals surface area contributed by atoms with Gasteiger partial charge >= 0.3 is 0 Å². The van der Waals surface area contributed by atoms with Gasteiger partial charge in [0.25, 0.3) is 0 Å². The summed E-state index contributed by atoms with van der Waals surface area (Å²) in [6, 6.07) is 9.34. The minimum Gasteiger partial charge on any atom is -0.325 e. The number of benzene rings is 1. The molecule has 0 spiro atoms. The van der Waals surface area contributed by atoms with E-state index < -0.39 is 0 Å². The number of thioether (sulfide) groups is 1. The van der Waals surface area contributed by atoms with E-state index in [-0.39, 0.29) is 17.5 Å². The number of carbonyl (C=O) groups is 1. The number of hydrogen-bond acceptors (Lipinski definition) is 5. The standard InChI is InChI=1S/C18H16FN5OS/c1-2-10-24-17(13-4-3-9-20-11-13)22-23-18(24)26-12-16(25)21-15-7-5-14(19)6-8-15/h2-9,11H,1,10,12H2,(H,21,25). The number of hydrogen-bond donors (Lipinski definition) is 1. The van der Waals surface area contributed by atoms with E-state index in [1.165, 1.54) is 36.0 Å². The molecule has 0 bridgehead atoms. The largest absolute Gasteiger partial charge is 0.325 e. The summed E-state index contributed by atoms with van der Waals surface area (Å²) in [4.78, 5) is 16.2. The van der Waals surface area contributed by atoms with Gasteiger partial charge in [0.2, 0.25) is 5.91 Å². The molecule has 1 aromatic carbocycles. The van der Waals surface area contributed by atoms with Gasteiger partial charge in [-0.1, -0.05) is 17.8 Å². The maximum Gasteiger partial charge on any atom is 0.234 e. The average Bonchev–Trinajstić information content (AvgIpc) is 3.06. The lowest BCUT2D eigenvalue weighted by atomic mass is 10.3. The Morgan fingerprint density at radius 2 is 2.08 bits per heavy atom. The molecule has 0 fully saturated rings. The second-order valence-electron chi connectivity index (χ2n) is 5.29. The second kappa shape index (κ2) is 8.39. The number of nitrogens with zero attached hydrogens (tertiary/aromatic N) is 4.